The number of piperazine rings is 1. The summed E-state index contributed by atoms with van der Waals surface area (Å²) in [4.78, 5) is 34.9. The fourth-order valence-corrected chi connectivity index (χ4v) is 7.12. The predicted molar refractivity (Wildman–Crippen MR) is 188 cm³/mol. The number of furan rings is 1. The van der Waals surface area contributed by atoms with Crippen LogP contribution < -0.4 is 10.6 Å². The van der Waals surface area contributed by atoms with Crippen LogP contribution in [0.5, 0.6) is 0 Å². The van der Waals surface area contributed by atoms with Gasteiger partial charge < -0.3 is 25.3 Å². The van der Waals surface area contributed by atoms with Gasteiger partial charge in [-0.3, -0.25) is 24.4 Å². The smallest absolute Gasteiger partial charge is 0.405 e. The average Bonchev–Trinajstić information content (AvgIpc) is 3.71. The average molecular weight is 740 g/mol. The zero-order valence-electron chi connectivity index (χ0n) is 28.3. The molecule has 276 valence electrons. The quantitative estimate of drug-likeness (QED) is 0.157. The molecular weight excluding hydrogens is 699 g/mol. The van der Waals surface area contributed by atoms with Crippen molar-refractivity contribution in [2.45, 2.75) is 56.3 Å². The van der Waals surface area contributed by atoms with E-state index in [0.717, 1.165) is 16.7 Å². The predicted octanol–water partition coefficient (Wildman–Crippen LogP) is 4.54. The van der Waals surface area contributed by atoms with Crippen LogP contribution in [0, 0.1) is 5.92 Å². The number of carbonyl (C=O) groups excluding carboxylic acids is 2. The number of nitrogens with zero attached hydrogens (tertiary/aromatic N) is 3. The third-order valence-electron chi connectivity index (χ3n) is 9.56. The number of halogens is 4. The highest BCUT2D eigenvalue weighted by atomic mass is 35.5. The molecule has 1 saturated heterocycles. The summed E-state index contributed by atoms with van der Waals surface area (Å²) in [5.41, 5.74) is 3.27. The van der Waals surface area contributed by atoms with Crippen LogP contribution in [0.25, 0.3) is 11.5 Å². The normalized spacial score (nSPS) is 20.6. The second kappa shape index (κ2) is 16.6. The SMILES string of the molecule is O=C(N[C@H]1c2ccccc2C[C@H]1O)[C@H](Cc1ccccc1)C[C@H](O)CN1CCN(Cc2ccc(-c3ccc(Cl)cn3)o2)C[C@H]1C(=O)NCC(F)(F)F. The molecule has 2 aliphatic rings. The summed E-state index contributed by atoms with van der Waals surface area (Å²) >= 11 is 5.94. The summed E-state index contributed by atoms with van der Waals surface area (Å²) < 4.78 is 45.3. The summed E-state index contributed by atoms with van der Waals surface area (Å²) in [6, 6.07) is 22.3. The second-order valence-corrected chi connectivity index (χ2v) is 13.9. The topological polar surface area (TPSA) is 131 Å². The highest BCUT2D eigenvalue weighted by molar-refractivity contribution is 6.30. The largest absolute Gasteiger partial charge is 0.458 e. The molecule has 4 aromatic rings. The van der Waals surface area contributed by atoms with Crippen molar-refractivity contribution < 1.29 is 37.4 Å². The molecule has 6 rings (SSSR count). The molecule has 0 unspecified atom stereocenters. The molecule has 0 saturated carbocycles. The van der Waals surface area contributed by atoms with Gasteiger partial charge in [0.2, 0.25) is 11.8 Å². The first-order valence-electron chi connectivity index (χ1n) is 17.2. The standard InChI is InChI=1S/C38H41ClF3N5O5/c39-27-10-12-31(43-19-27)34-13-11-29(52-34)21-46-14-15-47(32(22-46)37(51)44-23-38(40,41)42)20-28(48)17-26(16-24-6-2-1-3-7-24)36(50)45-35-30-9-5-4-8-25(30)18-33(35)49/h1-13,19,26,28,32-33,35,48-49H,14-18,20-23H2,(H,44,51)(H,45,50)/t26-,28+,32+,33-,35+/m1/s1. The van der Waals surface area contributed by atoms with Crippen molar-refractivity contribution in [1.82, 2.24) is 25.4 Å². The van der Waals surface area contributed by atoms with Gasteiger partial charge in [-0.05, 0) is 53.8 Å². The van der Waals surface area contributed by atoms with E-state index in [1.807, 2.05) is 64.8 Å². The third kappa shape index (κ3) is 9.78. The van der Waals surface area contributed by atoms with Crippen molar-refractivity contribution >= 4 is 23.4 Å². The molecule has 0 bridgehead atoms. The van der Waals surface area contributed by atoms with Gasteiger partial charge in [0.05, 0.1) is 29.8 Å². The number of fused-ring (bicyclic) bond motifs is 1. The van der Waals surface area contributed by atoms with Crippen LogP contribution in [0.15, 0.2) is 89.5 Å². The number of hydrogen-bond donors (Lipinski definition) is 4. The first-order chi connectivity index (χ1) is 24.9. The number of alkyl halides is 3. The van der Waals surface area contributed by atoms with E-state index >= 15 is 0 Å². The van der Waals surface area contributed by atoms with Crippen LogP contribution >= 0.6 is 11.6 Å². The van der Waals surface area contributed by atoms with Gasteiger partial charge >= 0.3 is 6.18 Å². The zero-order chi connectivity index (χ0) is 36.8. The Labute approximate surface area is 304 Å². The Morgan fingerprint density at radius 3 is 2.54 bits per heavy atom. The number of rotatable bonds is 13. The molecule has 2 aromatic heterocycles. The molecule has 5 atom stereocenters. The number of nitrogens with one attached hydrogen (secondary N) is 2. The fraction of sp³-hybridized carbons (Fsp3) is 0.395. The maximum atomic E-state index is 13.8. The second-order valence-electron chi connectivity index (χ2n) is 13.4. The molecule has 10 nitrogen and oxygen atoms in total. The molecule has 14 heteroatoms. The zero-order valence-corrected chi connectivity index (χ0v) is 29.1. The molecule has 4 N–H and O–H groups in total. The Morgan fingerprint density at radius 2 is 1.79 bits per heavy atom. The Hall–Kier alpha value is -4.27. The maximum absolute atomic E-state index is 13.8. The van der Waals surface area contributed by atoms with Crippen LogP contribution in [0.3, 0.4) is 0 Å². The minimum Gasteiger partial charge on any atom is -0.458 e. The molecule has 1 aliphatic carbocycles. The van der Waals surface area contributed by atoms with Crippen molar-refractivity contribution in [2.24, 2.45) is 5.92 Å². The summed E-state index contributed by atoms with van der Waals surface area (Å²) in [5.74, 6) is -0.737. The summed E-state index contributed by atoms with van der Waals surface area (Å²) in [6.07, 6.45) is -4.23. The van der Waals surface area contributed by atoms with Crippen LogP contribution in [-0.2, 0) is 29.0 Å². The van der Waals surface area contributed by atoms with E-state index in [1.54, 1.807) is 29.2 Å². The number of β-amino-alcohol motifs (C(OH)–C–C–N with tert-alkyl or cyclic N) is 1. The van der Waals surface area contributed by atoms with Crippen LogP contribution in [0.1, 0.15) is 34.9 Å². The van der Waals surface area contributed by atoms with E-state index in [-0.39, 0.29) is 32.0 Å². The maximum Gasteiger partial charge on any atom is 0.405 e. The molecule has 2 aromatic carbocycles. The minimum absolute atomic E-state index is 0.0240. The van der Waals surface area contributed by atoms with Gasteiger partial charge in [0.1, 0.15) is 24.0 Å². The van der Waals surface area contributed by atoms with Gasteiger partial charge in [-0.25, -0.2) is 0 Å². The lowest BCUT2D eigenvalue weighted by molar-refractivity contribution is -0.143. The molecule has 3 heterocycles. The van der Waals surface area contributed by atoms with Gasteiger partial charge in [0, 0.05) is 44.7 Å². The lowest BCUT2D eigenvalue weighted by Crippen LogP contribution is -2.60. The van der Waals surface area contributed by atoms with Crippen molar-refractivity contribution in [3.63, 3.8) is 0 Å². The first-order valence-corrected chi connectivity index (χ1v) is 17.6. The molecule has 0 radical (unpaired) electrons. The highest BCUT2D eigenvalue weighted by Gasteiger charge is 2.38. The number of amides is 2. The van der Waals surface area contributed by atoms with Crippen LogP contribution in [-0.4, -0.2) is 94.0 Å². The number of aliphatic hydroxyl groups is 2. The Morgan fingerprint density at radius 1 is 1.02 bits per heavy atom. The van der Waals surface area contributed by atoms with Crippen molar-refractivity contribution in [3.05, 3.63) is 113 Å². The molecular formula is C38H41ClF3N5O5. The van der Waals surface area contributed by atoms with E-state index in [4.69, 9.17) is 16.0 Å². The van der Waals surface area contributed by atoms with Crippen LogP contribution in [0.2, 0.25) is 5.02 Å². The van der Waals surface area contributed by atoms with Gasteiger partial charge in [0.15, 0.2) is 5.76 Å². The van der Waals surface area contributed by atoms with Crippen molar-refractivity contribution in [1.29, 1.82) is 0 Å². The summed E-state index contributed by atoms with van der Waals surface area (Å²) in [5, 5.41) is 27.7. The number of aromatic nitrogens is 1. The summed E-state index contributed by atoms with van der Waals surface area (Å²) in [7, 11) is 0. The Bertz CT molecular complexity index is 1810. The van der Waals surface area contributed by atoms with E-state index in [2.05, 4.69) is 10.3 Å². The molecule has 2 amide bonds. The van der Waals surface area contributed by atoms with Gasteiger partial charge in [-0.15, -0.1) is 0 Å². The van der Waals surface area contributed by atoms with E-state index in [1.165, 1.54) is 6.20 Å². The van der Waals surface area contributed by atoms with Crippen molar-refractivity contribution in [2.75, 3.05) is 32.7 Å². The van der Waals surface area contributed by atoms with Gasteiger partial charge in [-0.2, -0.15) is 13.2 Å². The number of carbonyl (C=O) groups is 2. The Kier molecular flexibility index (Phi) is 12.0. The monoisotopic (exact) mass is 739 g/mol. The molecule has 1 aliphatic heterocycles. The number of aliphatic hydroxyl groups excluding tert-OH is 2. The fourth-order valence-electron chi connectivity index (χ4n) is 7.01. The molecule has 1 fully saturated rings. The summed E-state index contributed by atoms with van der Waals surface area (Å²) in [6.45, 7) is -0.435. The first kappa shape index (κ1) is 37.5. The molecule has 0 spiro atoms. The van der Waals surface area contributed by atoms with Crippen LogP contribution in [0.4, 0.5) is 13.2 Å². The highest BCUT2D eigenvalue weighted by Crippen LogP contribution is 2.32. The van der Waals surface area contributed by atoms with Gasteiger partial charge in [-0.1, -0.05) is 66.2 Å². The van der Waals surface area contributed by atoms with Gasteiger partial charge in [0.25, 0.3) is 0 Å². The van der Waals surface area contributed by atoms with E-state index < -0.39 is 48.8 Å². The van der Waals surface area contributed by atoms with E-state index in [9.17, 15) is 33.0 Å². The van der Waals surface area contributed by atoms with E-state index in [0.29, 0.717) is 48.2 Å². The lowest BCUT2D eigenvalue weighted by Gasteiger charge is -2.41. The number of pyridine rings is 1. The Balaban J connectivity index is 1.14. The third-order valence-corrected chi connectivity index (χ3v) is 9.78. The minimum atomic E-state index is -4.60. The number of benzene rings is 2. The number of hydrogen-bond acceptors (Lipinski definition) is 8. The lowest BCUT2D eigenvalue weighted by atomic mass is 9.91. The molecule has 52 heavy (non-hydrogen) atoms. The van der Waals surface area contributed by atoms with Crippen molar-refractivity contribution in [3.8, 4) is 11.5 Å².